The van der Waals surface area contributed by atoms with Crippen LogP contribution in [0.1, 0.15) is 47.0 Å². The summed E-state index contributed by atoms with van der Waals surface area (Å²) in [4.78, 5) is 0. The molecule has 0 aliphatic carbocycles. The van der Waals surface area contributed by atoms with Crippen LogP contribution in [0.3, 0.4) is 0 Å². The first-order valence-corrected chi connectivity index (χ1v) is 18.1. The highest BCUT2D eigenvalue weighted by atomic mass is 32.4. The molecule has 5 heteroatoms. The maximum Gasteiger partial charge on any atom is 0.0136 e. The van der Waals surface area contributed by atoms with Crippen molar-refractivity contribution in [2.24, 2.45) is 0 Å². The van der Waals surface area contributed by atoms with Crippen LogP contribution >= 0.6 is 55.3 Å². The van der Waals surface area contributed by atoms with Crippen LogP contribution in [0.25, 0.3) is 0 Å². The Kier molecular flexibility index (Phi) is 12.4. The minimum Gasteiger partial charge on any atom is -0.257 e. The molecule has 0 N–H and O–H groups in total. The van der Waals surface area contributed by atoms with Gasteiger partial charge in [-0.15, -0.1) is 0 Å². The van der Waals surface area contributed by atoms with Gasteiger partial charge in [0.1, 0.15) is 0 Å². The van der Waals surface area contributed by atoms with Crippen molar-refractivity contribution in [1.82, 2.24) is 0 Å². The molecule has 0 radical (unpaired) electrons. The number of unbranched alkanes of at least 4 members (excludes halogenated alkanes) is 1. The molecule has 0 aliphatic heterocycles. The maximum atomic E-state index is 2.84. The summed E-state index contributed by atoms with van der Waals surface area (Å²) in [6.07, 6.45) is 11.7. The minimum atomic E-state index is -2.14. The summed E-state index contributed by atoms with van der Waals surface area (Å²) in [5, 5.41) is 3.75. The van der Waals surface area contributed by atoms with E-state index in [-0.39, 0.29) is 0 Å². The lowest BCUT2D eigenvalue weighted by molar-refractivity contribution is 0.699. The maximum absolute atomic E-state index is 2.84. The van der Waals surface area contributed by atoms with Crippen LogP contribution in [0.15, 0.2) is 0 Å². The molecule has 0 aromatic rings. The molecule has 1 atom stereocenters. The van der Waals surface area contributed by atoms with E-state index < -0.39 is 8.29 Å². The molecule has 0 heterocycles. The third-order valence-corrected chi connectivity index (χ3v) is 23.8. The molecular formula is C19H44S5. The lowest BCUT2D eigenvalue weighted by Gasteiger charge is -2.81. The molecule has 0 spiro atoms. The quantitative estimate of drug-likeness (QED) is 0.236. The second-order valence-corrected chi connectivity index (χ2v) is 21.9. The van der Waals surface area contributed by atoms with Crippen molar-refractivity contribution in [2.75, 3.05) is 63.5 Å². The van der Waals surface area contributed by atoms with Crippen molar-refractivity contribution in [2.45, 2.75) is 52.2 Å². The molecule has 150 valence electrons. The predicted molar refractivity (Wildman–Crippen MR) is 135 cm³/mol. The molecule has 0 amide bonds. The zero-order valence-corrected chi connectivity index (χ0v) is 21.5. The van der Waals surface area contributed by atoms with Crippen LogP contribution in [0, 0.1) is 0 Å². The highest BCUT2D eigenvalue weighted by Gasteiger charge is 2.58. The van der Waals surface area contributed by atoms with Crippen LogP contribution < -0.4 is 0 Å². The van der Waals surface area contributed by atoms with E-state index in [0.29, 0.717) is 0 Å². The van der Waals surface area contributed by atoms with Crippen LogP contribution in [0.2, 0.25) is 0 Å². The fraction of sp³-hybridized carbons (Fsp3) is 1.00. The van der Waals surface area contributed by atoms with E-state index in [2.05, 4.69) is 93.5 Å². The first-order chi connectivity index (χ1) is 11.3. The van der Waals surface area contributed by atoms with Crippen molar-refractivity contribution < 1.29 is 0 Å². The largest absolute Gasteiger partial charge is 0.257 e. The Bertz CT molecular complexity index is 337. The normalized spacial score (nSPS) is 16.6. The summed E-state index contributed by atoms with van der Waals surface area (Å²) in [5.41, 5.74) is 0. The van der Waals surface area contributed by atoms with E-state index in [9.17, 15) is 0 Å². The minimum absolute atomic E-state index is 0.890. The lowest BCUT2D eigenvalue weighted by Crippen LogP contribution is -2.54. The average molecular weight is 433 g/mol. The highest BCUT2D eigenvalue weighted by Crippen LogP contribution is 2.91. The van der Waals surface area contributed by atoms with Crippen LogP contribution in [0.4, 0.5) is 0 Å². The van der Waals surface area contributed by atoms with Gasteiger partial charge in [0.15, 0.2) is 0 Å². The van der Waals surface area contributed by atoms with Gasteiger partial charge in [0, 0.05) is 10.2 Å². The Balaban J connectivity index is 6.00. The zero-order valence-electron chi connectivity index (χ0n) is 17.4. The Morgan fingerprint density at radius 2 is 1.46 bits per heavy atom. The summed E-state index contributed by atoms with van der Waals surface area (Å²) in [5.74, 6) is 8.20. The monoisotopic (exact) mass is 432 g/mol. The second kappa shape index (κ2) is 11.6. The van der Waals surface area contributed by atoms with Gasteiger partial charge in [0.2, 0.25) is 0 Å². The molecule has 0 aromatic heterocycles. The first-order valence-electron chi connectivity index (χ1n) is 9.45. The van der Waals surface area contributed by atoms with Gasteiger partial charge in [0.05, 0.1) is 0 Å². The Morgan fingerprint density at radius 3 is 1.96 bits per heavy atom. The Morgan fingerprint density at radius 1 is 0.833 bits per heavy atom. The van der Waals surface area contributed by atoms with Gasteiger partial charge in [-0.1, -0.05) is 40.5 Å². The van der Waals surface area contributed by atoms with E-state index in [4.69, 9.17) is 0 Å². The number of rotatable bonds is 16. The van der Waals surface area contributed by atoms with Crippen molar-refractivity contribution in [3.63, 3.8) is 0 Å². The van der Waals surface area contributed by atoms with Gasteiger partial charge in [-0.25, -0.2) is 0 Å². The fourth-order valence-electron chi connectivity index (χ4n) is 3.68. The molecule has 0 fully saturated rings. The summed E-state index contributed by atoms with van der Waals surface area (Å²) in [6, 6.07) is 0. The lowest BCUT2D eigenvalue weighted by atomic mass is 10.2. The Hall–Kier alpha value is 1.75. The van der Waals surface area contributed by atoms with E-state index in [1.807, 2.05) is 0 Å². The molecule has 0 aliphatic rings. The van der Waals surface area contributed by atoms with E-state index >= 15 is 0 Å². The molecule has 0 rings (SSSR count). The van der Waals surface area contributed by atoms with Crippen molar-refractivity contribution in [3.8, 4) is 0 Å². The van der Waals surface area contributed by atoms with Crippen LogP contribution in [0.5, 0.6) is 0 Å². The highest BCUT2D eigenvalue weighted by molar-refractivity contribution is 8.70. The Labute approximate surface area is 170 Å². The molecule has 0 bridgehead atoms. The second-order valence-electron chi connectivity index (χ2n) is 7.85. The van der Waals surface area contributed by atoms with Crippen LogP contribution in [-0.4, -0.2) is 68.7 Å². The molecule has 0 saturated heterocycles. The average Bonchev–Trinajstić information content (AvgIpc) is 2.57. The van der Waals surface area contributed by atoms with Gasteiger partial charge in [-0.05, 0) is 65.0 Å². The molecule has 0 saturated carbocycles. The van der Waals surface area contributed by atoms with Gasteiger partial charge in [-0.2, -0.15) is 47.0 Å². The van der Waals surface area contributed by atoms with Gasteiger partial charge in [-0.3, -0.25) is 8.29 Å². The first kappa shape index (κ1) is 25.8. The van der Waals surface area contributed by atoms with Gasteiger partial charge >= 0.3 is 0 Å². The molecule has 0 nitrogen and oxygen atoms in total. The summed E-state index contributed by atoms with van der Waals surface area (Å²) in [7, 11) is -2.14. The van der Waals surface area contributed by atoms with Gasteiger partial charge < -0.3 is 0 Å². The number of hydrogen-bond acceptors (Lipinski definition) is 4. The number of hydrogen-bond donors (Lipinski definition) is 0. The van der Waals surface area contributed by atoms with E-state index in [1.54, 1.807) is 0 Å². The molecule has 24 heavy (non-hydrogen) atoms. The van der Waals surface area contributed by atoms with Crippen molar-refractivity contribution >= 4 is 55.3 Å². The van der Waals surface area contributed by atoms with Crippen molar-refractivity contribution in [3.05, 3.63) is 0 Å². The van der Waals surface area contributed by atoms with E-state index in [1.165, 1.54) is 63.9 Å². The standard InChI is InChI=1S/C19H44S5/c1-8-11-12-19(4)24(7,17-21-6,15-13-20-5,18-23-10-3)16-14-22-9-2/h19H,8-18H2,1-7H3. The third-order valence-electron chi connectivity index (χ3n) is 6.01. The smallest absolute Gasteiger partial charge is 0.0136 e. The summed E-state index contributed by atoms with van der Waals surface area (Å²) < 4.78 is 0. The molecular weight excluding hydrogens is 389 g/mol. The topological polar surface area (TPSA) is 0 Å². The molecule has 1 unspecified atom stereocenters. The predicted octanol–water partition coefficient (Wildman–Crippen LogP) is 7.22. The third kappa shape index (κ3) is 6.42. The van der Waals surface area contributed by atoms with Crippen molar-refractivity contribution in [1.29, 1.82) is 0 Å². The molecule has 0 aromatic carbocycles. The van der Waals surface area contributed by atoms with E-state index in [0.717, 1.165) is 5.25 Å². The summed E-state index contributed by atoms with van der Waals surface area (Å²) in [6.45, 7) is 9.66. The number of thioether (sulfide) groups is 4. The van der Waals surface area contributed by atoms with Crippen LogP contribution in [-0.2, 0) is 0 Å². The van der Waals surface area contributed by atoms with Gasteiger partial charge in [0.25, 0.3) is 0 Å². The SMILES string of the molecule is CCCCC(C)S(C)(CCSC)(CCSCC)(CSC)CSCC. The fourth-order valence-corrected chi connectivity index (χ4v) is 23.4. The summed E-state index contributed by atoms with van der Waals surface area (Å²) >= 11 is 8.63. The zero-order chi connectivity index (χ0) is 18.6.